The lowest BCUT2D eigenvalue weighted by Gasteiger charge is -2.11. The number of pyridine rings is 1. The molecule has 0 fully saturated rings. The van der Waals surface area contributed by atoms with Crippen LogP contribution >= 0.6 is 0 Å². The number of anilines is 2. The fraction of sp³-hybridized carbons (Fsp3) is 0.208. The Morgan fingerprint density at radius 1 is 1.06 bits per heavy atom. The van der Waals surface area contributed by atoms with Crippen molar-refractivity contribution in [3.8, 4) is 11.5 Å². The third-order valence-corrected chi connectivity index (χ3v) is 5.06. The summed E-state index contributed by atoms with van der Waals surface area (Å²) in [6.45, 7) is 2.14. The first-order chi connectivity index (χ1) is 14.9. The van der Waals surface area contributed by atoms with Gasteiger partial charge in [0, 0.05) is 45.2 Å². The van der Waals surface area contributed by atoms with Crippen molar-refractivity contribution in [3.63, 3.8) is 0 Å². The Morgan fingerprint density at radius 3 is 2.52 bits per heavy atom. The minimum absolute atomic E-state index is 0.173. The van der Waals surface area contributed by atoms with Gasteiger partial charge in [0.25, 0.3) is 5.91 Å². The van der Waals surface area contributed by atoms with Crippen molar-refractivity contribution in [1.82, 2.24) is 19.4 Å². The minimum Gasteiger partial charge on any atom is -0.457 e. The van der Waals surface area contributed by atoms with E-state index in [0.717, 1.165) is 29.1 Å². The van der Waals surface area contributed by atoms with Crippen molar-refractivity contribution in [2.75, 3.05) is 19.4 Å². The second kappa shape index (κ2) is 8.47. The molecule has 0 radical (unpaired) electrons. The fourth-order valence-corrected chi connectivity index (χ4v) is 3.26. The molecular formula is C24H25N5O2. The van der Waals surface area contributed by atoms with Gasteiger partial charge in [0.2, 0.25) is 5.95 Å². The molecule has 31 heavy (non-hydrogen) atoms. The summed E-state index contributed by atoms with van der Waals surface area (Å²) in [6, 6.07) is 17.4. The number of imidazole rings is 1. The van der Waals surface area contributed by atoms with Gasteiger partial charge in [-0.2, -0.15) is 0 Å². The maximum absolute atomic E-state index is 12.1. The standard InChI is InChI=1S/C24H25N5O2/c1-5-16-6-8-17(9-7-16)26-24-27-20-14-18(10-11-22(20)29(24)4)31-19-12-13-25-21(15-19)23(30)28(2)3/h6-15H,5H2,1-4H3,(H,26,27). The molecule has 2 aromatic heterocycles. The SMILES string of the molecule is CCc1ccc(Nc2nc3cc(Oc4ccnc(C(=O)N(C)C)c4)ccc3n2C)cc1. The van der Waals surface area contributed by atoms with Crippen LogP contribution in [0, 0.1) is 0 Å². The van der Waals surface area contributed by atoms with Crippen LogP contribution in [0.3, 0.4) is 0 Å². The number of carbonyl (C=O) groups is 1. The number of carbonyl (C=O) groups excluding carboxylic acids is 1. The Kier molecular flexibility index (Phi) is 5.58. The molecule has 0 aliphatic rings. The molecule has 2 heterocycles. The number of ether oxygens (including phenoxy) is 1. The molecule has 1 amide bonds. The van der Waals surface area contributed by atoms with Crippen molar-refractivity contribution in [1.29, 1.82) is 0 Å². The summed E-state index contributed by atoms with van der Waals surface area (Å²) < 4.78 is 7.98. The third-order valence-electron chi connectivity index (χ3n) is 5.06. The molecule has 0 bridgehead atoms. The highest BCUT2D eigenvalue weighted by Crippen LogP contribution is 2.28. The molecule has 0 saturated carbocycles. The molecule has 0 unspecified atom stereocenters. The second-order valence-electron chi connectivity index (χ2n) is 7.50. The zero-order valence-electron chi connectivity index (χ0n) is 18.1. The topological polar surface area (TPSA) is 72.3 Å². The maximum Gasteiger partial charge on any atom is 0.272 e. The Balaban J connectivity index is 1.57. The summed E-state index contributed by atoms with van der Waals surface area (Å²) in [5, 5.41) is 3.37. The molecule has 7 heteroatoms. The van der Waals surface area contributed by atoms with Gasteiger partial charge >= 0.3 is 0 Å². The monoisotopic (exact) mass is 415 g/mol. The smallest absolute Gasteiger partial charge is 0.272 e. The van der Waals surface area contributed by atoms with Crippen LogP contribution in [0.4, 0.5) is 11.6 Å². The van der Waals surface area contributed by atoms with Gasteiger partial charge in [0.1, 0.15) is 17.2 Å². The Bertz CT molecular complexity index is 1230. The van der Waals surface area contributed by atoms with Gasteiger partial charge in [0.15, 0.2) is 0 Å². The van der Waals surface area contributed by atoms with E-state index in [2.05, 4.69) is 41.5 Å². The summed E-state index contributed by atoms with van der Waals surface area (Å²) in [4.78, 5) is 22.5. The van der Waals surface area contributed by atoms with Crippen molar-refractivity contribution in [3.05, 3.63) is 72.1 Å². The number of hydrogen-bond acceptors (Lipinski definition) is 5. The van der Waals surface area contributed by atoms with E-state index in [-0.39, 0.29) is 5.91 Å². The first-order valence-corrected chi connectivity index (χ1v) is 10.1. The predicted octanol–water partition coefficient (Wildman–Crippen LogP) is 4.77. The number of amides is 1. The molecule has 0 atom stereocenters. The zero-order valence-corrected chi connectivity index (χ0v) is 18.1. The van der Waals surface area contributed by atoms with Gasteiger partial charge in [-0.3, -0.25) is 9.78 Å². The highest BCUT2D eigenvalue weighted by atomic mass is 16.5. The number of nitrogens with one attached hydrogen (secondary N) is 1. The van der Waals surface area contributed by atoms with Crippen LogP contribution in [0.2, 0.25) is 0 Å². The lowest BCUT2D eigenvalue weighted by Crippen LogP contribution is -2.22. The van der Waals surface area contributed by atoms with Gasteiger partial charge in [-0.15, -0.1) is 0 Å². The fourth-order valence-electron chi connectivity index (χ4n) is 3.26. The summed E-state index contributed by atoms with van der Waals surface area (Å²) in [5.41, 5.74) is 4.41. The number of hydrogen-bond donors (Lipinski definition) is 1. The first kappa shape index (κ1) is 20.4. The second-order valence-corrected chi connectivity index (χ2v) is 7.50. The molecule has 0 aliphatic carbocycles. The van der Waals surface area contributed by atoms with Crippen LogP contribution < -0.4 is 10.1 Å². The van der Waals surface area contributed by atoms with E-state index < -0.39 is 0 Å². The molecule has 158 valence electrons. The molecular weight excluding hydrogens is 390 g/mol. The Morgan fingerprint density at radius 2 is 1.81 bits per heavy atom. The van der Waals surface area contributed by atoms with Crippen LogP contribution in [0.25, 0.3) is 11.0 Å². The third kappa shape index (κ3) is 4.35. The summed E-state index contributed by atoms with van der Waals surface area (Å²) in [7, 11) is 5.35. The van der Waals surface area contributed by atoms with Crippen LogP contribution in [0.1, 0.15) is 23.0 Å². The highest BCUT2D eigenvalue weighted by Gasteiger charge is 2.12. The van der Waals surface area contributed by atoms with Gasteiger partial charge < -0.3 is 19.5 Å². The minimum atomic E-state index is -0.173. The number of aromatic nitrogens is 3. The lowest BCUT2D eigenvalue weighted by molar-refractivity contribution is 0.0821. The summed E-state index contributed by atoms with van der Waals surface area (Å²) in [6.07, 6.45) is 2.58. The van der Waals surface area contributed by atoms with Gasteiger partial charge in [-0.05, 0) is 42.3 Å². The quantitative estimate of drug-likeness (QED) is 0.491. The predicted molar refractivity (Wildman–Crippen MR) is 122 cm³/mol. The number of rotatable bonds is 6. The largest absolute Gasteiger partial charge is 0.457 e. The summed E-state index contributed by atoms with van der Waals surface area (Å²) in [5.74, 6) is 1.76. The molecule has 0 aliphatic heterocycles. The molecule has 0 saturated heterocycles. The van der Waals surface area contributed by atoms with Crippen molar-refractivity contribution in [2.45, 2.75) is 13.3 Å². The maximum atomic E-state index is 12.1. The van der Waals surface area contributed by atoms with Crippen molar-refractivity contribution >= 4 is 28.6 Å². The molecule has 4 rings (SSSR count). The van der Waals surface area contributed by atoms with E-state index in [4.69, 9.17) is 9.72 Å². The van der Waals surface area contributed by atoms with Crippen LogP contribution in [0.5, 0.6) is 11.5 Å². The van der Waals surface area contributed by atoms with E-state index in [1.54, 1.807) is 32.4 Å². The highest BCUT2D eigenvalue weighted by molar-refractivity contribution is 5.92. The average molecular weight is 415 g/mol. The average Bonchev–Trinajstić information content (AvgIpc) is 3.08. The zero-order chi connectivity index (χ0) is 22.0. The Hall–Kier alpha value is -3.87. The van der Waals surface area contributed by atoms with E-state index in [1.807, 2.05) is 29.8 Å². The van der Waals surface area contributed by atoms with Crippen molar-refractivity contribution < 1.29 is 9.53 Å². The normalized spacial score (nSPS) is 10.8. The van der Waals surface area contributed by atoms with Gasteiger partial charge in [0.05, 0.1) is 11.0 Å². The molecule has 0 spiro atoms. The van der Waals surface area contributed by atoms with E-state index in [9.17, 15) is 4.79 Å². The Labute approximate surface area is 181 Å². The van der Waals surface area contributed by atoms with E-state index in [1.165, 1.54) is 10.5 Å². The number of nitrogens with zero attached hydrogens (tertiary/aromatic N) is 4. The first-order valence-electron chi connectivity index (χ1n) is 10.1. The van der Waals surface area contributed by atoms with E-state index >= 15 is 0 Å². The van der Waals surface area contributed by atoms with Gasteiger partial charge in [-0.1, -0.05) is 19.1 Å². The summed E-state index contributed by atoms with van der Waals surface area (Å²) >= 11 is 0. The number of fused-ring (bicyclic) bond motifs is 1. The van der Waals surface area contributed by atoms with Crippen LogP contribution in [0.15, 0.2) is 60.8 Å². The molecule has 2 aromatic carbocycles. The lowest BCUT2D eigenvalue weighted by atomic mass is 10.1. The van der Waals surface area contributed by atoms with Crippen LogP contribution in [-0.4, -0.2) is 39.4 Å². The molecule has 7 nitrogen and oxygen atoms in total. The molecule has 4 aromatic rings. The number of aryl methyl sites for hydroxylation is 2. The molecule has 1 N–H and O–H groups in total. The van der Waals surface area contributed by atoms with Crippen LogP contribution in [-0.2, 0) is 13.5 Å². The van der Waals surface area contributed by atoms with Crippen molar-refractivity contribution in [2.24, 2.45) is 7.05 Å². The van der Waals surface area contributed by atoms with E-state index in [0.29, 0.717) is 17.2 Å². The van der Waals surface area contributed by atoms with Gasteiger partial charge in [-0.25, -0.2) is 4.98 Å². The number of benzene rings is 2.